The standard InChI is InChI=1S/C12H16O6S/c1-16-11(15)8-5-7-19-10(8)12(17-2,18-3)6-4-9(13)14/h5,7H,4,6H2,1-3H3,(H,13,14). The molecule has 6 nitrogen and oxygen atoms in total. The van der Waals surface area contributed by atoms with Gasteiger partial charge in [-0.25, -0.2) is 4.79 Å². The lowest BCUT2D eigenvalue weighted by molar-refractivity contribution is -0.219. The highest BCUT2D eigenvalue weighted by atomic mass is 32.1. The van der Waals surface area contributed by atoms with E-state index in [4.69, 9.17) is 14.6 Å². The number of rotatable bonds is 7. The van der Waals surface area contributed by atoms with Crippen LogP contribution in [0.25, 0.3) is 0 Å². The summed E-state index contributed by atoms with van der Waals surface area (Å²) in [6, 6.07) is 1.60. The summed E-state index contributed by atoms with van der Waals surface area (Å²) >= 11 is 1.26. The Kier molecular flexibility index (Phi) is 5.46. The monoisotopic (exact) mass is 288 g/mol. The minimum Gasteiger partial charge on any atom is -0.481 e. The second-order valence-corrected chi connectivity index (χ2v) is 4.63. The molecule has 0 aliphatic rings. The van der Waals surface area contributed by atoms with Gasteiger partial charge >= 0.3 is 11.9 Å². The Bertz CT molecular complexity index is 449. The minimum atomic E-state index is -1.25. The summed E-state index contributed by atoms with van der Waals surface area (Å²) in [4.78, 5) is 22.9. The molecule has 1 aromatic rings. The van der Waals surface area contributed by atoms with E-state index in [1.807, 2.05) is 0 Å². The fourth-order valence-electron chi connectivity index (χ4n) is 1.73. The zero-order valence-electron chi connectivity index (χ0n) is 11.0. The van der Waals surface area contributed by atoms with E-state index >= 15 is 0 Å². The topological polar surface area (TPSA) is 82.1 Å². The normalized spacial score (nSPS) is 11.3. The van der Waals surface area contributed by atoms with Crippen LogP contribution in [0.3, 0.4) is 0 Å². The van der Waals surface area contributed by atoms with Crippen molar-refractivity contribution in [3.8, 4) is 0 Å². The number of aliphatic carboxylic acids is 1. The second-order valence-electron chi connectivity index (χ2n) is 3.71. The van der Waals surface area contributed by atoms with Gasteiger partial charge in [0.1, 0.15) is 0 Å². The summed E-state index contributed by atoms with van der Waals surface area (Å²) in [5.74, 6) is -2.73. The SMILES string of the molecule is COC(=O)c1ccsc1C(CCC(=O)O)(OC)OC. The number of methoxy groups -OCH3 is 3. The molecule has 0 atom stereocenters. The summed E-state index contributed by atoms with van der Waals surface area (Å²) < 4.78 is 15.4. The molecule has 1 N–H and O–H groups in total. The molecular weight excluding hydrogens is 272 g/mol. The van der Waals surface area contributed by atoms with Gasteiger partial charge < -0.3 is 19.3 Å². The number of esters is 1. The van der Waals surface area contributed by atoms with Crippen LogP contribution in [0.1, 0.15) is 28.1 Å². The van der Waals surface area contributed by atoms with Gasteiger partial charge in [-0.3, -0.25) is 4.79 Å². The lowest BCUT2D eigenvalue weighted by Gasteiger charge is -2.30. The maximum atomic E-state index is 11.7. The number of carboxylic acid groups (broad SMARTS) is 1. The lowest BCUT2D eigenvalue weighted by atomic mass is 10.0. The maximum Gasteiger partial charge on any atom is 0.339 e. The predicted molar refractivity (Wildman–Crippen MR) is 68.2 cm³/mol. The number of carboxylic acids is 1. The highest BCUT2D eigenvalue weighted by Gasteiger charge is 2.37. The van der Waals surface area contributed by atoms with Crippen LogP contribution in [-0.2, 0) is 24.8 Å². The van der Waals surface area contributed by atoms with Crippen LogP contribution >= 0.6 is 11.3 Å². The molecule has 0 spiro atoms. The Hall–Kier alpha value is -1.44. The third-order valence-electron chi connectivity index (χ3n) is 2.74. The average molecular weight is 288 g/mol. The smallest absolute Gasteiger partial charge is 0.339 e. The van der Waals surface area contributed by atoms with Gasteiger partial charge in [-0.05, 0) is 11.4 Å². The molecule has 106 valence electrons. The largest absolute Gasteiger partial charge is 0.481 e. The molecule has 0 saturated heterocycles. The first kappa shape index (κ1) is 15.6. The van der Waals surface area contributed by atoms with Crippen molar-refractivity contribution in [3.63, 3.8) is 0 Å². The van der Waals surface area contributed by atoms with Crippen molar-refractivity contribution in [2.45, 2.75) is 18.6 Å². The van der Waals surface area contributed by atoms with Gasteiger partial charge in [0.25, 0.3) is 0 Å². The molecule has 1 rings (SSSR count). The molecule has 0 radical (unpaired) electrons. The van der Waals surface area contributed by atoms with E-state index in [2.05, 4.69) is 4.74 Å². The van der Waals surface area contributed by atoms with Gasteiger partial charge in [0, 0.05) is 20.6 Å². The molecule has 0 amide bonds. The molecule has 0 fully saturated rings. The molecule has 0 aliphatic heterocycles. The van der Waals surface area contributed by atoms with E-state index in [-0.39, 0.29) is 12.8 Å². The van der Waals surface area contributed by atoms with Crippen LogP contribution < -0.4 is 0 Å². The van der Waals surface area contributed by atoms with Crippen molar-refractivity contribution in [2.75, 3.05) is 21.3 Å². The molecule has 0 bridgehead atoms. The number of hydrogen-bond acceptors (Lipinski definition) is 6. The number of carbonyl (C=O) groups excluding carboxylic acids is 1. The lowest BCUT2D eigenvalue weighted by Crippen LogP contribution is -2.32. The Morgan fingerprint density at radius 1 is 1.32 bits per heavy atom. The number of hydrogen-bond donors (Lipinski definition) is 1. The summed E-state index contributed by atoms with van der Waals surface area (Å²) in [7, 11) is 4.10. The van der Waals surface area contributed by atoms with Gasteiger partial charge in [0.15, 0.2) is 0 Å². The summed E-state index contributed by atoms with van der Waals surface area (Å²) in [6.45, 7) is 0. The van der Waals surface area contributed by atoms with Crippen molar-refractivity contribution in [1.29, 1.82) is 0 Å². The fraction of sp³-hybridized carbons (Fsp3) is 0.500. The fourth-order valence-corrected chi connectivity index (χ4v) is 2.80. The maximum absolute atomic E-state index is 11.7. The molecule has 19 heavy (non-hydrogen) atoms. The van der Waals surface area contributed by atoms with Crippen LogP contribution in [0.15, 0.2) is 11.4 Å². The first-order valence-corrected chi connectivity index (χ1v) is 6.37. The van der Waals surface area contributed by atoms with E-state index in [0.29, 0.717) is 10.4 Å². The molecule has 0 aromatic carbocycles. The third kappa shape index (κ3) is 3.31. The summed E-state index contributed by atoms with van der Waals surface area (Å²) in [5.41, 5.74) is 0.321. The molecule has 7 heteroatoms. The van der Waals surface area contributed by atoms with Gasteiger partial charge in [-0.15, -0.1) is 11.3 Å². The predicted octanol–water partition coefficient (Wildman–Crippen LogP) is 1.85. The van der Waals surface area contributed by atoms with Crippen LogP contribution in [0.4, 0.5) is 0 Å². The van der Waals surface area contributed by atoms with Crippen LogP contribution in [-0.4, -0.2) is 38.4 Å². The molecular formula is C12H16O6S. The summed E-state index contributed by atoms with van der Waals surface area (Å²) in [5, 5.41) is 10.5. The molecule has 1 aromatic heterocycles. The molecule has 1 heterocycles. The number of thiophene rings is 1. The average Bonchev–Trinajstić information content (AvgIpc) is 2.89. The van der Waals surface area contributed by atoms with E-state index < -0.39 is 17.7 Å². The number of carbonyl (C=O) groups is 2. The Morgan fingerprint density at radius 2 is 1.95 bits per heavy atom. The molecule has 0 unspecified atom stereocenters. The van der Waals surface area contributed by atoms with Gasteiger partial charge in [-0.1, -0.05) is 0 Å². The highest BCUT2D eigenvalue weighted by molar-refractivity contribution is 7.10. The Balaban J connectivity index is 3.14. The van der Waals surface area contributed by atoms with E-state index in [9.17, 15) is 9.59 Å². The first-order valence-electron chi connectivity index (χ1n) is 5.49. The van der Waals surface area contributed by atoms with Crippen molar-refractivity contribution in [3.05, 3.63) is 21.9 Å². The van der Waals surface area contributed by atoms with E-state index in [0.717, 1.165) is 0 Å². The van der Waals surface area contributed by atoms with Gasteiger partial charge in [-0.2, -0.15) is 0 Å². The zero-order chi connectivity index (χ0) is 14.5. The third-order valence-corrected chi connectivity index (χ3v) is 3.78. The van der Waals surface area contributed by atoms with Crippen molar-refractivity contribution >= 4 is 23.3 Å². The van der Waals surface area contributed by atoms with Crippen LogP contribution in [0.5, 0.6) is 0 Å². The van der Waals surface area contributed by atoms with Crippen molar-refractivity contribution < 1.29 is 28.9 Å². The summed E-state index contributed by atoms with van der Waals surface area (Å²) in [6.07, 6.45) is -0.0416. The molecule has 0 aliphatic carbocycles. The quantitative estimate of drug-likeness (QED) is 0.609. The van der Waals surface area contributed by atoms with E-state index in [1.165, 1.54) is 32.7 Å². The first-order chi connectivity index (χ1) is 9.00. The number of ether oxygens (including phenoxy) is 3. The highest BCUT2D eigenvalue weighted by Crippen LogP contribution is 2.37. The van der Waals surface area contributed by atoms with Crippen molar-refractivity contribution in [2.24, 2.45) is 0 Å². The second kappa shape index (κ2) is 6.65. The zero-order valence-corrected chi connectivity index (χ0v) is 11.8. The van der Waals surface area contributed by atoms with Crippen molar-refractivity contribution in [1.82, 2.24) is 0 Å². The Labute approximate surface area is 114 Å². The van der Waals surface area contributed by atoms with Gasteiger partial charge in [0.2, 0.25) is 5.79 Å². The van der Waals surface area contributed by atoms with Crippen LogP contribution in [0, 0.1) is 0 Å². The van der Waals surface area contributed by atoms with Gasteiger partial charge in [0.05, 0.1) is 24.0 Å². The van der Waals surface area contributed by atoms with E-state index in [1.54, 1.807) is 11.4 Å². The Morgan fingerprint density at radius 3 is 2.42 bits per heavy atom. The molecule has 0 saturated carbocycles. The van der Waals surface area contributed by atoms with Crippen LogP contribution in [0.2, 0.25) is 0 Å². The minimum absolute atomic E-state index is 0.0971.